The third-order valence-electron chi connectivity index (χ3n) is 5.21. The first-order valence-electron chi connectivity index (χ1n) is 9.32. The van der Waals surface area contributed by atoms with E-state index in [1.807, 2.05) is 4.90 Å². The van der Waals surface area contributed by atoms with E-state index in [9.17, 15) is 22.8 Å². The molecule has 3 rings (SSSR count). The Balaban J connectivity index is 1.53. The standard InChI is InChI=1S/C19H24F3N3O2/c20-19(21,22)16-8-4-3-7-15(16)18(27)25-11-9-24(10-12-25)13-17(26)23-14-5-1-2-6-14/h3-4,7-8,14H,1-2,5-6,9-13H2,(H,23,26). The van der Waals surface area contributed by atoms with Gasteiger partial charge < -0.3 is 10.2 Å². The van der Waals surface area contributed by atoms with Gasteiger partial charge in [0.15, 0.2) is 0 Å². The van der Waals surface area contributed by atoms with Crippen LogP contribution in [0.15, 0.2) is 24.3 Å². The number of alkyl halides is 3. The highest BCUT2D eigenvalue weighted by atomic mass is 19.4. The topological polar surface area (TPSA) is 52.7 Å². The summed E-state index contributed by atoms with van der Waals surface area (Å²) in [6.45, 7) is 1.82. The molecule has 0 atom stereocenters. The molecule has 1 saturated carbocycles. The second kappa shape index (κ2) is 8.29. The molecule has 148 valence electrons. The second-order valence-electron chi connectivity index (χ2n) is 7.16. The van der Waals surface area contributed by atoms with Gasteiger partial charge >= 0.3 is 6.18 Å². The average Bonchev–Trinajstić information content (AvgIpc) is 3.14. The fourth-order valence-corrected chi connectivity index (χ4v) is 3.74. The molecule has 1 N–H and O–H groups in total. The maximum Gasteiger partial charge on any atom is 0.417 e. The molecular weight excluding hydrogens is 359 g/mol. The summed E-state index contributed by atoms with van der Waals surface area (Å²) in [4.78, 5) is 28.0. The van der Waals surface area contributed by atoms with Crippen molar-refractivity contribution in [2.75, 3.05) is 32.7 Å². The van der Waals surface area contributed by atoms with E-state index in [0.717, 1.165) is 31.7 Å². The van der Waals surface area contributed by atoms with Crippen molar-refractivity contribution in [1.82, 2.24) is 15.1 Å². The number of hydrogen-bond donors (Lipinski definition) is 1. The van der Waals surface area contributed by atoms with Gasteiger partial charge in [-0.05, 0) is 25.0 Å². The van der Waals surface area contributed by atoms with E-state index in [2.05, 4.69) is 5.32 Å². The summed E-state index contributed by atoms with van der Waals surface area (Å²) in [7, 11) is 0. The lowest BCUT2D eigenvalue weighted by atomic mass is 10.1. The highest BCUT2D eigenvalue weighted by molar-refractivity contribution is 5.96. The molecule has 0 bridgehead atoms. The van der Waals surface area contributed by atoms with E-state index in [4.69, 9.17) is 0 Å². The minimum atomic E-state index is -4.56. The first kappa shape index (κ1) is 19.7. The Bertz CT molecular complexity index is 679. The van der Waals surface area contributed by atoms with Crippen molar-refractivity contribution in [1.29, 1.82) is 0 Å². The van der Waals surface area contributed by atoms with Gasteiger partial charge in [0.1, 0.15) is 0 Å². The van der Waals surface area contributed by atoms with Crippen molar-refractivity contribution >= 4 is 11.8 Å². The van der Waals surface area contributed by atoms with Gasteiger partial charge in [-0.25, -0.2) is 0 Å². The number of halogens is 3. The maximum atomic E-state index is 13.1. The lowest BCUT2D eigenvalue weighted by Gasteiger charge is -2.35. The van der Waals surface area contributed by atoms with E-state index >= 15 is 0 Å². The first-order chi connectivity index (χ1) is 12.8. The minimum Gasteiger partial charge on any atom is -0.352 e. The fourth-order valence-electron chi connectivity index (χ4n) is 3.74. The van der Waals surface area contributed by atoms with Crippen LogP contribution in [0.5, 0.6) is 0 Å². The predicted molar refractivity (Wildman–Crippen MR) is 94.2 cm³/mol. The number of nitrogens with zero attached hydrogens (tertiary/aromatic N) is 2. The highest BCUT2D eigenvalue weighted by Crippen LogP contribution is 2.32. The molecule has 1 aromatic carbocycles. The number of rotatable bonds is 4. The highest BCUT2D eigenvalue weighted by Gasteiger charge is 2.36. The van der Waals surface area contributed by atoms with Gasteiger partial charge in [0.2, 0.25) is 5.91 Å². The van der Waals surface area contributed by atoms with Crippen molar-refractivity contribution in [3.8, 4) is 0 Å². The molecule has 1 aliphatic heterocycles. The number of benzene rings is 1. The Morgan fingerprint density at radius 1 is 1.04 bits per heavy atom. The average molecular weight is 383 g/mol. The van der Waals surface area contributed by atoms with Crippen LogP contribution >= 0.6 is 0 Å². The van der Waals surface area contributed by atoms with Crippen LogP contribution in [0.2, 0.25) is 0 Å². The van der Waals surface area contributed by atoms with Crippen LogP contribution in [0.1, 0.15) is 41.6 Å². The van der Waals surface area contributed by atoms with Gasteiger partial charge in [-0.3, -0.25) is 14.5 Å². The molecule has 27 heavy (non-hydrogen) atoms. The molecule has 1 saturated heterocycles. The van der Waals surface area contributed by atoms with Crippen LogP contribution in [0.4, 0.5) is 13.2 Å². The minimum absolute atomic E-state index is 0.0240. The van der Waals surface area contributed by atoms with Crippen LogP contribution in [0.3, 0.4) is 0 Å². The van der Waals surface area contributed by atoms with Crippen LogP contribution in [-0.2, 0) is 11.0 Å². The lowest BCUT2D eigenvalue weighted by Crippen LogP contribution is -2.51. The van der Waals surface area contributed by atoms with Crippen molar-refractivity contribution in [3.05, 3.63) is 35.4 Å². The molecule has 0 unspecified atom stereocenters. The van der Waals surface area contributed by atoms with E-state index in [1.54, 1.807) is 0 Å². The van der Waals surface area contributed by atoms with Crippen molar-refractivity contribution < 1.29 is 22.8 Å². The Morgan fingerprint density at radius 2 is 1.67 bits per heavy atom. The predicted octanol–water partition coefficient (Wildman–Crippen LogP) is 2.52. The maximum absolute atomic E-state index is 13.1. The van der Waals surface area contributed by atoms with Gasteiger partial charge in [0, 0.05) is 32.2 Å². The smallest absolute Gasteiger partial charge is 0.352 e. The molecule has 1 heterocycles. The third kappa shape index (κ3) is 5.00. The number of carbonyl (C=O) groups is 2. The van der Waals surface area contributed by atoms with Crippen LogP contribution in [0.25, 0.3) is 0 Å². The number of hydrogen-bond acceptors (Lipinski definition) is 3. The molecule has 5 nitrogen and oxygen atoms in total. The lowest BCUT2D eigenvalue weighted by molar-refractivity contribution is -0.138. The summed E-state index contributed by atoms with van der Waals surface area (Å²) in [6.07, 6.45) is -0.234. The molecule has 0 spiro atoms. The van der Waals surface area contributed by atoms with E-state index in [-0.39, 0.29) is 24.1 Å². The summed E-state index contributed by atoms with van der Waals surface area (Å²) in [6, 6.07) is 5.12. The molecule has 1 aromatic rings. The van der Waals surface area contributed by atoms with Gasteiger partial charge in [0.05, 0.1) is 17.7 Å². The van der Waals surface area contributed by atoms with Crippen LogP contribution < -0.4 is 5.32 Å². The number of piperazine rings is 1. The quantitative estimate of drug-likeness (QED) is 0.869. The van der Waals surface area contributed by atoms with Crippen molar-refractivity contribution in [2.24, 2.45) is 0 Å². The Hall–Kier alpha value is -2.09. The monoisotopic (exact) mass is 383 g/mol. The Kier molecular flexibility index (Phi) is 6.04. The van der Waals surface area contributed by atoms with Crippen LogP contribution in [0, 0.1) is 0 Å². The molecule has 0 radical (unpaired) electrons. The van der Waals surface area contributed by atoms with Crippen molar-refractivity contribution in [2.45, 2.75) is 37.9 Å². The van der Waals surface area contributed by atoms with Gasteiger partial charge in [0.25, 0.3) is 5.91 Å². The van der Waals surface area contributed by atoms with E-state index in [1.165, 1.54) is 23.1 Å². The van der Waals surface area contributed by atoms with Gasteiger partial charge in [-0.15, -0.1) is 0 Å². The second-order valence-corrected chi connectivity index (χ2v) is 7.16. The molecule has 2 fully saturated rings. The van der Waals surface area contributed by atoms with E-state index in [0.29, 0.717) is 26.2 Å². The van der Waals surface area contributed by atoms with Gasteiger partial charge in [-0.1, -0.05) is 25.0 Å². The largest absolute Gasteiger partial charge is 0.417 e. The van der Waals surface area contributed by atoms with Crippen molar-refractivity contribution in [3.63, 3.8) is 0 Å². The van der Waals surface area contributed by atoms with Gasteiger partial charge in [-0.2, -0.15) is 13.2 Å². The zero-order valence-electron chi connectivity index (χ0n) is 15.1. The first-order valence-corrected chi connectivity index (χ1v) is 9.32. The summed E-state index contributed by atoms with van der Waals surface area (Å²) in [5.41, 5.74) is -1.23. The molecular formula is C19H24F3N3O2. The number of nitrogens with one attached hydrogen (secondary N) is 1. The molecule has 8 heteroatoms. The summed E-state index contributed by atoms with van der Waals surface area (Å²) in [5.74, 6) is -0.637. The molecule has 0 aromatic heterocycles. The zero-order valence-corrected chi connectivity index (χ0v) is 15.1. The summed E-state index contributed by atoms with van der Waals surface area (Å²) < 4.78 is 39.4. The molecule has 2 amide bonds. The molecule has 1 aliphatic carbocycles. The SMILES string of the molecule is O=C(CN1CCN(C(=O)c2ccccc2C(F)(F)F)CC1)NC1CCCC1. The Morgan fingerprint density at radius 3 is 2.30 bits per heavy atom. The summed E-state index contributed by atoms with van der Waals surface area (Å²) >= 11 is 0. The van der Waals surface area contributed by atoms with Crippen LogP contribution in [-0.4, -0.2) is 60.4 Å². The zero-order chi connectivity index (χ0) is 19.4. The fraction of sp³-hybridized carbons (Fsp3) is 0.579. The molecule has 2 aliphatic rings. The number of amides is 2. The summed E-state index contributed by atoms with van der Waals surface area (Å²) in [5, 5.41) is 3.02. The number of carbonyl (C=O) groups excluding carboxylic acids is 2. The normalized spacial score (nSPS) is 19.3. The van der Waals surface area contributed by atoms with E-state index < -0.39 is 17.6 Å². The third-order valence-corrected chi connectivity index (χ3v) is 5.21. The Labute approximate surface area is 156 Å².